The fourth-order valence-corrected chi connectivity index (χ4v) is 3.69. The number of amides is 1. The van der Waals surface area contributed by atoms with E-state index in [2.05, 4.69) is 0 Å². The van der Waals surface area contributed by atoms with Gasteiger partial charge in [0.25, 0.3) is 0 Å². The lowest BCUT2D eigenvalue weighted by atomic mass is 10.1. The summed E-state index contributed by atoms with van der Waals surface area (Å²) in [6.07, 6.45) is 0.488. The molecular weight excluding hydrogens is 486 g/mol. The number of benzene rings is 3. The van der Waals surface area contributed by atoms with E-state index in [0.29, 0.717) is 37.8 Å². The number of ether oxygens (including phenoxy) is 4. The van der Waals surface area contributed by atoms with Crippen LogP contribution in [-0.4, -0.2) is 61.1 Å². The molecule has 0 spiro atoms. The molecule has 202 valence electrons. The number of carbonyl (C=O) groups excluding carboxylic acids is 1. The van der Waals surface area contributed by atoms with Gasteiger partial charge in [-0.05, 0) is 61.7 Å². The van der Waals surface area contributed by atoms with Gasteiger partial charge in [0.05, 0.1) is 13.2 Å². The summed E-state index contributed by atoms with van der Waals surface area (Å²) in [5, 5.41) is 9.27. The summed E-state index contributed by atoms with van der Waals surface area (Å²) >= 11 is 0. The molecule has 0 bridgehead atoms. The summed E-state index contributed by atoms with van der Waals surface area (Å²) in [5.74, 6) is 0.952. The normalized spacial score (nSPS) is 11.4. The monoisotopic (exact) mass is 521 g/mol. The van der Waals surface area contributed by atoms with Crippen LogP contribution >= 0.6 is 0 Å². The Labute approximate surface area is 223 Å². The van der Waals surface area contributed by atoms with Crippen molar-refractivity contribution >= 4 is 12.1 Å². The van der Waals surface area contributed by atoms with Crippen LogP contribution < -0.4 is 14.2 Å². The second-order valence-electron chi connectivity index (χ2n) is 8.52. The van der Waals surface area contributed by atoms with Crippen LogP contribution in [0.15, 0.2) is 84.9 Å². The number of unbranched alkanes of at least 4 members (excludes halogenated alkanes) is 1. The van der Waals surface area contributed by atoms with Crippen molar-refractivity contribution in [2.45, 2.75) is 32.3 Å². The van der Waals surface area contributed by atoms with E-state index in [1.54, 1.807) is 36.1 Å². The van der Waals surface area contributed by atoms with Crippen molar-refractivity contribution in [3.63, 3.8) is 0 Å². The second-order valence-corrected chi connectivity index (χ2v) is 8.52. The Balaban J connectivity index is 1.49. The molecule has 1 amide bonds. The van der Waals surface area contributed by atoms with Crippen LogP contribution in [0.25, 0.3) is 0 Å². The van der Waals surface area contributed by atoms with Crippen LogP contribution in [0.4, 0.5) is 4.79 Å². The van der Waals surface area contributed by atoms with Crippen LogP contribution in [-0.2, 0) is 16.0 Å². The van der Waals surface area contributed by atoms with E-state index in [0.717, 1.165) is 24.2 Å². The van der Waals surface area contributed by atoms with E-state index in [9.17, 15) is 14.7 Å². The van der Waals surface area contributed by atoms with Gasteiger partial charge in [-0.3, -0.25) is 0 Å². The van der Waals surface area contributed by atoms with Crippen molar-refractivity contribution in [3.05, 3.63) is 90.5 Å². The number of nitrogens with zero attached hydrogens (tertiary/aromatic N) is 1. The fraction of sp³-hybridized carbons (Fsp3) is 0.333. The molecule has 0 fully saturated rings. The Hall–Kier alpha value is -4.04. The molecule has 8 heteroatoms. The van der Waals surface area contributed by atoms with Crippen LogP contribution in [0.2, 0.25) is 0 Å². The smallest absolute Gasteiger partial charge is 0.415 e. The first-order valence-corrected chi connectivity index (χ1v) is 12.8. The number of hydrogen-bond donors (Lipinski definition) is 1. The highest BCUT2D eigenvalue weighted by atomic mass is 16.6. The van der Waals surface area contributed by atoms with Crippen molar-refractivity contribution in [3.8, 4) is 17.2 Å². The second kappa shape index (κ2) is 15.9. The lowest BCUT2D eigenvalue weighted by Gasteiger charge is -2.22. The quantitative estimate of drug-likeness (QED) is 0.250. The van der Waals surface area contributed by atoms with Crippen LogP contribution in [0.5, 0.6) is 17.2 Å². The number of rotatable bonds is 16. The van der Waals surface area contributed by atoms with Crippen molar-refractivity contribution in [1.82, 2.24) is 4.90 Å². The van der Waals surface area contributed by atoms with Crippen molar-refractivity contribution in [1.29, 1.82) is 0 Å². The first-order chi connectivity index (χ1) is 18.5. The summed E-state index contributed by atoms with van der Waals surface area (Å²) in [4.78, 5) is 25.8. The molecular formula is C30H35NO7. The van der Waals surface area contributed by atoms with Gasteiger partial charge in [-0.15, -0.1) is 0 Å². The molecule has 0 aliphatic rings. The summed E-state index contributed by atoms with van der Waals surface area (Å²) in [6, 6.07) is 25.8. The van der Waals surface area contributed by atoms with Gasteiger partial charge in [0.1, 0.15) is 23.9 Å². The maximum atomic E-state index is 12.9. The fourth-order valence-electron chi connectivity index (χ4n) is 3.69. The maximum Gasteiger partial charge on any atom is 0.415 e. The number of para-hydroxylation sites is 2. The molecule has 8 nitrogen and oxygen atoms in total. The molecule has 0 radical (unpaired) electrons. The molecule has 38 heavy (non-hydrogen) atoms. The Bertz CT molecular complexity index is 1090. The maximum absolute atomic E-state index is 12.9. The minimum atomic E-state index is -0.985. The van der Waals surface area contributed by atoms with Gasteiger partial charge in [0.15, 0.2) is 6.10 Å². The predicted octanol–water partition coefficient (Wildman–Crippen LogP) is 5.46. The zero-order chi connectivity index (χ0) is 27.0. The molecule has 3 aromatic carbocycles. The summed E-state index contributed by atoms with van der Waals surface area (Å²) in [6.45, 7) is 3.78. The lowest BCUT2D eigenvalue weighted by molar-refractivity contribution is -0.149. The van der Waals surface area contributed by atoms with Gasteiger partial charge in [-0.1, -0.05) is 48.5 Å². The zero-order valence-corrected chi connectivity index (χ0v) is 21.7. The number of carboxylic acid groups (broad SMARTS) is 1. The average Bonchev–Trinajstić information content (AvgIpc) is 2.93. The molecule has 1 N–H and O–H groups in total. The summed E-state index contributed by atoms with van der Waals surface area (Å²) in [7, 11) is 0. The Morgan fingerprint density at radius 2 is 1.37 bits per heavy atom. The molecule has 3 rings (SSSR count). The van der Waals surface area contributed by atoms with Crippen molar-refractivity contribution < 1.29 is 33.6 Å². The van der Waals surface area contributed by atoms with E-state index >= 15 is 0 Å². The van der Waals surface area contributed by atoms with E-state index in [-0.39, 0.29) is 13.0 Å². The third-order valence-electron chi connectivity index (χ3n) is 5.66. The van der Waals surface area contributed by atoms with E-state index in [1.165, 1.54) is 0 Å². The minimum Gasteiger partial charge on any atom is -0.494 e. The minimum absolute atomic E-state index is 0.274. The third kappa shape index (κ3) is 10.1. The standard InChI is InChI=1S/C30H35NO7/c1-2-35-28(29(32)33)23-24-15-17-26(18-16-24)37-22-20-31(30(34)38-27-13-7-4-8-14-27)19-9-10-21-36-25-11-5-3-6-12-25/h3-8,11-18,28H,2,9-10,19-23H2,1H3,(H,32,33). The van der Waals surface area contributed by atoms with E-state index < -0.39 is 18.2 Å². The van der Waals surface area contributed by atoms with Gasteiger partial charge in [0, 0.05) is 19.6 Å². The Morgan fingerprint density at radius 1 is 0.763 bits per heavy atom. The molecule has 0 saturated carbocycles. The molecule has 0 aliphatic carbocycles. The van der Waals surface area contributed by atoms with Crippen molar-refractivity contribution in [2.24, 2.45) is 0 Å². The molecule has 0 aliphatic heterocycles. The largest absolute Gasteiger partial charge is 0.494 e. The molecule has 1 atom stereocenters. The summed E-state index contributed by atoms with van der Waals surface area (Å²) < 4.78 is 22.4. The van der Waals surface area contributed by atoms with Gasteiger partial charge in [0.2, 0.25) is 0 Å². The van der Waals surface area contributed by atoms with Crippen LogP contribution in [0.3, 0.4) is 0 Å². The van der Waals surface area contributed by atoms with E-state index in [1.807, 2.05) is 60.7 Å². The van der Waals surface area contributed by atoms with Gasteiger partial charge >= 0.3 is 12.1 Å². The average molecular weight is 522 g/mol. The van der Waals surface area contributed by atoms with Crippen molar-refractivity contribution in [2.75, 3.05) is 32.9 Å². The number of hydrogen-bond acceptors (Lipinski definition) is 6. The molecule has 1 unspecified atom stereocenters. The highest BCUT2D eigenvalue weighted by molar-refractivity contribution is 5.72. The van der Waals surface area contributed by atoms with E-state index in [4.69, 9.17) is 18.9 Å². The highest BCUT2D eigenvalue weighted by Crippen LogP contribution is 2.16. The third-order valence-corrected chi connectivity index (χ3v) is 5.66. The first kappa shape index (κ1) is 28.5. The first-order valence-electron chi connectivity index (χ1n) is 12.8. The van der Waals surface area contributed by atoms with Crippen LogP contribution in [0, 0.1) is 0 Å². The molecule has 0 saturated heterocycles. The van der Waals surface area contributed by atoms with Gasteiger partial charge in [-0.2, -0.15) is 0 Å². The lowest BCUT2D eigenvalue weighted by Crippen LogP contribution is -2.37. The number of aliphatic carboxylic acids is 1. The molecule has 0 aromatic heterocycles. The molecule has 3 aromatic rings. The Kier molecular flexibility index (Phi) is 12.0. The molecule has 0 heterocycles. The SMILES string of the molecule is CCOC(Cc1ccc(OCCN(CCCCOc2ccccc2)C(=O)Oc2ccccc2)cc1)C(=O)O. The zero-order valence-electron chi connectivity index (χ0n) is 21.7. The number of carboxylic acids is 1. The highest BCUT2D eigenvalue weighted by Gasteiger charge is 2.18. The number of carbonyl (C=O) groups is 2. The van der Waals surface area contributed by atoms with Gasteiger partial charge < -0.3 is 29.0 Å². The predicted molar refractivity (Wildman–Crippen MR) is 144 cm³/mol. The van der Waals surface area contributed by atoms with Crippen LogP contribution in [0.1, 0.15) is 25.3 Å². The van der Waals surface area contributed by atoms with Gasteiger partial charge in [-0.25, -0.2) is 9.59 Å². The topological polar surface area (TPSA) is 94.5 Å². The Morgan fingerprint density at radius 3 is 2.00 bits per heavy atom. The summed E-state index contributed by atoms with van der Waals surface area (Å²) in [5.41, 5.74) is 0.837.